The zero-order chi connectivity index (χ0) is 52.2. The molecule has 0 spiro atoms. The predicted octanol–water partition coefficient (Wildman–Crippen LogP) is 16.1. The van der Waals surface area contributed by atoms with Crippen LogP contribution in [0.25, 0.3) is 0 Å². The van der Waals surface area contributed by atoms with E-state index in [-0.39, 0.29) is 12.5 Å². The summed E-state index contributed by atoms with van der Waals surface area (Å²) in [5, 5.41) is 54.6. The molecule has 0 aromatic heterocycles. The van der Waals surface area contributed by atoms with Gasteiger partial charge in [0.1, 0.15) is 24.4 Å². The molecule has 0 bridgehead atoms. The molecule has 0 radical (unpaired) electrons. The Hall–Kier alpha value is -1.33. The van der Waals surface area contributed by atoms with Crippen LogP contribution in [0, 0.1) is 0 Å². The van der Waals surface area contributed by atoms with Gasteiger partial charge in [0.25, 0.3) is 0 Å². The molecule has 6 N–H and O–H groups in total. The number of aliphatic hydroxyl groups is 5. The third-order valence-corrected chi connectivity index (χ3v) is 15.3. The second kappa shape index (κ2) is 53.1. The Morgan fingerprint density at radius 2 is 0.778 bits per heavy atom. The van der Waals surface area contributed by atoms with Crippen molar-refractivity contribution in [2.75, 3.05) is 13.2 Å². The van der Waals surface area contributed by atoms with Crippen molar-refractivity contribution in [1.29, 1.82) is 0 Å². The molecule has 1 aliphatic rings. The molecule has 1 amide bonds. The second-order valence-corrected chi connectivity index (χ2v) is 22.2. The first kappa shape index (κ1) is 68.7. The molecule has 0 aliphatic carbocycles. The van der Waals surface area contributed by atoms with Gasteiger partial charge in [-0.1, -0.05) is 289 Å². The van der Waals surface area contributed by atoms with Gasteiger partial charge in [0.2, 0.25) is 5.91 Å². The predicted molar refractivity (Wildman–Crippen MR) is 304 cm³/mol. The molecule has 426 valence electrons. The van der Waals surface area contributed by atoms with E-state index in [9.17, 15) is 30.3 Å². The maximum Gasteiger partial charge on any atom is 0.220 e. The molecular weight excluding hydrogens is 899 g/mol. The maximum absolute atomic E-state index is 13.1. The lowest BCUT2D eigenvalue weighted by Gasteiger charge is -2.40. The van der Waals surface area contributed by atoms with Crippen molar-refractivity contribution in [3.05, 3.63) is 24.3 Å². The Balaban J connectivity index is 2.19. The molecule has 0 aromatic rings. The fraction of sp³-hybridized carbons (Fsp3) is 0.921. The highest BCUT2D eigenvalue weighted by Gasteiger charge is 2.44. The number of aliphatic hydroxyl groups excluding tert-OH is 5. The lowest BCUT2D eigenvalue weighted by atomic mass is 9.99. The van der Waals surface area contributed by atoms with E-state index in [1.54, 1.807) is 6.08 Å². The van der Waals surface area contributed by atoms with Gasteiger partial charge < -0.3 is 40.3 Å². The molecule has 9 nitrogen and oxygen atoms in total. The Kier molecular flexibility index (Phi) is 50.6. The van der Waals surface area contributed by atoms with E-state index >= 15 is 0 Å². The number of nitrogens with one attached hydrogen (secondary N) is 1. The third kappa shape index (κ3) is 41.9. The van der Waals surface area contributed by atoms with E-state index in [1.165, 1.54) is 257 Å². The number of carbonyl (C=O) groups is 1. The summed E-state index contributed by atoms with van der Waals surface area (Å²) in [5.41, 5.74) is 0. The van der Waals surface area contributed by atoms with Crippen LogP contribution < -0.4 is 5.32 Å². The lowest BCUT2D eigenvalue weighted by molar-refractivity contribution is -0.302. The summed E-state index contributed by atoms with van der Waals surface area (Å²) in [6.07, 6.45) is 61.1. The maximum atomic E-state index is 13.1. The topological polar surface area (TPSA) is 149 Å². The quantitative estimate of drug-likeness (QED) is 0.0261. The van der Waals surface area contributed by atoms with Gasteiger partial charge in [0.05, 0.1) is 25.4 Å². The minimum Gasteiger partial charge on any atom is -0.394 e. The number of allylic oxidation sites excluding steroid dienone is 3. The van der Waals surface area contributed by atoms with Crippen molar-refractivity contribution in [3.8, 4) is 0 Å². The molecule has 9 heteroatoms. The molecule has 0 aromatic carbocycles. The molecule has 1 saturated heterocycles. The summed E-state index contributed by atoms with van der Waals surface area (Å²) < 4.78 is 11.3. The summed E-state index contributed by atoms with van der Waals surface area (Å²) in [5.74, 6) is -0.174. The first-order valence-corrected chi connectivity index (χ1v) is 31.6. The fourth-order valence-corrected chi connectivity index (χ4v) is 10.3. The summed E-state index contributed by atoms with van der Waals surface area (Å²) in [6, 6.07) is -0.805. The first-order chi connectivity index (χ1) is 35.3. The molecule has 1 rings (SSSR count). The van der Waals surface area contributed by atoms with Crippen LogP contribution in [0.2, 0.25) is 0 Å². The van der Waals surface area contributed by atoms with Crippen molar-refractivity contribution in [1.82, 2.24) is 5.32 Å². The highest BCUT2D eigenvalue weighted by molar-refractivity contribution is 5.76. The van der Waals surface area contributed by atoms with Crippen LogP contribution in [-0.2, 0) is 14.3 Å². The highest BCUT2D eigenvalue weighted by Crippen LogP contribution is 2.23. The van der Waals surface area contributed by atoms with Crippen LogP contribution in [0.4, 0.5) is 0 Å². The van der Waals surface area contributed by atoms with Gasteiger partial charge in [-0.25, -0.2) is 0 Å². The first-order valence-electron chi connectivity index (χ1n) is 31.6. The van der Waals surface area contributed by atoms with Crippen molar-refractivity contribution in [2.45, 2.75) is 358 Å². The normalized spacial score (nSPS) is 19.2. The molecule has 0 saturated carbocycles. The molecule has 7 atom stereocenters. The summed E-state index contributed by atoms with van der Waals surface area (Å²) in [4.78, 5) is 13.1. The van der Waals surface area contributed by atoms with Gasteiger partial charge in [-0.2, -0.15) is 0 Å². The molecule has 1 aliphatic heterocycles. The SMILES string of the molecule is CCCCCCCCCCCCCC/C=C\CCCCCCCCCCCC(=O)NC(COC1OC(CO)C(O)C(O)C1O)C(O)/C=C/CCCCCCCCCCCCCCCCCCCCCCCC. The standard InChI is InChI=1S/C63H121NO8/c1-3-5-7-9-11-13-15-17-19-21-23-25-27-29-31-33-35-37-39-41-43-45-47-49-51-53-59(67)64-56(55-71-63-62(70)61(69)60(68)58(54-65)72-63)57(66)52-50-48-46-44-42-40-38-36-34-32-30-28-26-24-22-20-18-16-14-12-10-8-6-4-2/h29,31,50,52,56-58,60-63,65-66,68-70H,3-28,30,32-49,51,53-55H2,1-2H3,(H,64,67)/b31-29-,52-50+. The van der Waals surface area contributed by atoms with Gasteiger partial charge in [-0.3, -0.25) is 4.79 Å². The van der Waals surface area contributed by atoms with Crippen LogP contribution in [0.3, 0.4) is 0 Å². The zero-order valence-electron chi connectivity index (χ0n) is 47.5. The largest absolute Gasteiger partial charge is 0.394 e. The number of carbonyl (C=O) groups excluding carboxylic acids is 1. The number of ether oxygens (including phenoxy) is 2. The Morgan fingerprint density at radius 1 is 0.458 bits per heavy atom. The van der Waals surface area contributed by atoms with Crippen molar-refractivity contribution < 1.29 is 39.8 Å². The monoisotopic (exact) mass is 1020 g/mol. The van der Waals surface area contributed by atoms with Crippen LogP contribution >= 0.6 is 0 Å². The zero-order valence-corrected chi connectivity index (χ0v) is 47.5. The summed E-state index contributed by atoms with van der Waals surface area (Å²) >= 11 is 0. The van der Waals surface area contributed by atoms with E-state index in [2.05, 4.69) is 31.3 Å². The lowest BCUT2D eigenvalue weighted by Crippen LogP contribution is -2.60. The van der Waals surface area contributed by atoms with Crippen LogP contribution in [0.15, 0.2) is 24.3 Å². The minimum absolute atomic E-state index is 0.174. The number of unbranched alkanes of at least 4 members (excludes halogenated alkanes) is 43. The Morgan fingerprint density at radius 3 is 1.12 bits per heavy atom. The van der Waals surface area contributed by atoms with E-state index < -0.39 is 49.5 Å². The number of rotatable bonds is 55. The summed E-state index contributed by atoms with van der Waals surface area (Å²) in [7, 11) is 0. The van der Waals surface area contributed by atoms with E-state index in [0.717, 1.165) is 38.5 Å². The van der Waals surface area contributed by atoms with Crippen LogP contribution in [0.1, 0.15) is 316 Å². The van der Waals surface area contributed by atoms with E-state index in [1.807, 2.05) is 6.08 Å². The average Bonchev–Trinajstić information content (AvgIpc) is 3.38. The molecule has 1 fully saturated rings. The number of amides is 1. The van der Waals surface area contributed by atoms with E-state index in [0.29, 0.717) is 6.42 Å². The van der Waals surface area contributed by atoms with Gasteiger partial charge in [0, 0.05) is 6.42 Å². The highest BCUT2D eigenvalue weighted by atomic mass is 16.7. The summed E-state index contributed by atoms with van der Waals surface area (Å²) in [6.45, 7) is 3.83. The average molecular weight is 1020 g/mol. The minimum atomic E-state index is -1.57. The van der Waals surface area contributed by atoms with Gasteiger partial charge >= 0.3 is 0 Å². The van der Waals surface area contributed by atoms with Crippen LogP contribution in [-0.4, -0.2) is 87.5 Å². The Bertz CT molecular complexity index is 1180. The smallest absolute Gasteiger partial charge is 0.220 e. The number of hydrogen-bond donors (Lipinski definition) is 6. The molecule has 1 heterocycles. The Labute approximate surface area is 445 Å². The molecular formula is C63H121NO8. The van der Waals surface area contributed by atoms with Gasteiger partial charge in [-0.15, -0.1) is 0 Å². The van der Waals surface area contributed by atoms with Crippen molar-refractivity contribution >= 4 is 5.91 Å². The molecule has 72 heavy (non-hydrogen) atoms. The molecule has 7 unspecified atom stereocenters. The third-order valence-electron chi connectivity index (χ3n) is 15.3. The van der Waals surface area contributed by atoms with E-state index in [4.69, 9.17) is 9.47 Å². The van der Waals surface area contributed by atoms with Gasteiger partial charge in [0.15, 0.2) is 6.29 Å². The second-order valence-electron chi connectivity index (χ2n) is 22.2. The van der Waals surface area contributed by atoms with Crippen molar-refractivity contribution in [2.24, 2.45) is 0 Å². The van der Waals surface area contributed by atoms with Gasteiger partial charge in [-0.05, 0) is 44.9 Å². The number of hydrogen-bond acceptors (Lipinski definition) is 8. The van der Waals surface area contributed by atoms with Crippen LogP contribution in [0.5, 0.6) is 0 Å². The van der Waals surface area contributed by atoms with Crippen molar-refractivity contribution in [3.63, 3.8) is 0 Å². The fourth-order valence-electron chi connectivity index (χ4n) is 10.3.